The van der Waals surface area contributed by atoms with Gasteiger partial charge in [-0.15, -0.1) is 12.4 Å². The number of ether oxygens (including phenoxy) is 1. The lowest BCUT2D eigenvalue weighted by atomic mass is 9.56. The van der Waals surface area contributed by atoms with Crippen LogP contribution in [0.2, 0.25) is 0 Å². The molecule has 4 nitrogen and oxygen atoms in total. The zero-order valence-corrected chi connectivity index (χ0v) is 11.5. The summed E-state index contributed by atoms with van der Waals surface area (Å²) >= 11 is 0. The van der Waals surface area contributed by atoms with Crippen LogP contribution in [0.5, 0.6) is 0 Å². The summed E-state index contributed by atoms with van der Waals surface area (Å²) in [7, 11) is 3.50. The average molecular weight is 251 g/mol. The van der Waals surface area contributed by atoms with Gasteiger partial charge in [0.15, 0.2) is 0 Å². The minimum atomic E-state index is -0.120. The van der Waals surface area contributed by atoms with Crippen LogP contribution in [0, 0.1) is 5.41 Å². The largest absolute Gasteiger partial charge is 0.378 e. The Hall–Kier alpha value is -0.320. The highest BCUT2D eigenvalue weighted by molar-refractivity contribution is 5.85. The molecule has 1 amide bonds. The Kier molecular flexibility index (Phi) is 5.23. The monoisotopic (exact) mass is 250 g/mol. The maximum atomic E-state index is 11.4. The molecule has 1 rings (SSSR count). The zero-order chi connectivity index (χ0) is 11.7. The van der Waals surface area contributed by atoms with Gasteiger partial charge in [0.25, 0.3) is 0 Å². The molecule has 0 heterocycles. The molecule has 2 N–H and O–H groups in total. The summed E-state index contributed by atoms with van der Waals surface area (Å²) in [4.78, 5) is 11.4. The van der Waals surface area contributed by atoms with Gasteiger partial charge in [0, 0.05) is 18.6 Å². The first-order chi connectivity index (χ1) is 6.87. The first-order valence-electron chi connectivity index (χ1n) is 5.36. The molecule has 0 bridgehead atoms. The second-order valence-electron chi connectivity index (χ2n) is 5.01. The van der Waals surface area contributed by atoms with E-state index in [1.807, 2.05) is 0 Å². The number of nitrogens with one attached hydrogen (secondary N) is 2. The predicted molar refractivity (Wildman–Crippen MR) is 66.9 cm³/mol. The molecular formula is C11H23ClN2O2. The van der Waals surface area contributed by atoms with Crippen LogP contribution in [0.3, 0.4) is 0 Å². The van der Waals surface area contributed by atoms with Crippen molar-refractivity contribution in [3.05, 3.63) is 0 Å². The molecule has 2 atom stereocenters. The fourth-order valence-electron chi connectivity index (χ4n) is 2.13. The lowest BCUT2D eigenvalue weighted by Gasteiger charge is -2.59. The number of halogens is 1. The van der Waals surface area contributed by atoms with E-state index in [9.17, 15) is 4.79 Å². The van der Waals surface area contributed by atoms with E-state index in [-0.39, 0.29) is 35.4 Å². The number of methoxy groups -OCH3 is 1. The van der Waals surface area contributed by atoms with Crippen LogP contribution in [0.4, 0.5) is 0 Å². The number of likely N-dealkylation sites (N-methyl/N-ethyl adjacent to an activating group) is 1. The van der Waals surface area contributed by atoms with Gasteiger partial charge in [-0.2, -0.15) is 0 Å². The molecule has 0 aromatic carbocycles. The number of carbonyl (C=O) groups is 1. The number of amides is 1. The standard InChI is InChI=1S/C11H22N2O2.ClH/c1-10(2)8(6-11(10,3)15-5)13-9(14)7-12-4;/h8,12H,6-7H2,1-5H3,(H,13,14);1H. The van der Waals surface area contributed by atoms with E-state index in [4.69, 9.17) is 4.74 Å². The van der Waals surface area contributed by atoms with Gasteiger partial charge >= 0.3 is 0 Å². The second-order valence-corrected chi connectivity index (χ2v) is 5.01. The van der Waals surface area contributed by atoms with E-state index in [0.717, 1.165) is 6.42 Å². The summed E-state index contributed by atoms with van der Waals surface area (Å²) < 4.78 is 5.49. The summed E-state index contributed by atoms with van der Waals surface area (Å²) in [6.07, 6.45) is 0.881. The Bertz CT molecular complexity index is 258. The van der Waals surface area contributed by atoms with Gasteiger partial charge in [0.1, 0.15) is 0 Å². The van der Waals surface area contributed by atoms with Crippen molar-refractivity contribution in [2.45, 2.75) is 38.8 Å². The van der Waals surface area contributed by atoms with E-state index in [0.29, 0.717) is 6.54 Å². The first kappa shape index (κ1) is 15.7. The fraction of sp³-hybridized carbons (Fsp3) is 0.909. The van der Waals surface area contributed by atoms with E-state index < -0.39 is 0 Å². The Morgan fingerprint density at radius 2 is 2.00 bits per heavy atom. The van der Waals surface area contributed by atoms with Crippen LogP contribution < -0.4 is 10.6 Å². The molecule has 0 radical (unpaired) electrons. The van der Waals surface area contributed by atoms with E-state index in [1.165, 1.54) is 0 Å². The van der Waals surface area contributed by atoms with Crippen LogP contribution in [-0.2, 0) is 9.53 Å². The SMILES string of the molecule is CNCC(=O)NC1CC(C)(OC)C1(C)C.Cl. The zero-order valence-electron chi connectivity index (χ0n) is 10.7. The average Bonchev–Trinajstić information content (AvgIpc) is 2.17. The quantitative estimate of drug-likeness (QED) is 0.781. The van der Waals surface area contributed by atoms with E-state index >= 15 is 0 Å². The minimum absolute atomic E-state index is 0. The lowest BCUT2D eigenvalue weighted by Crippen LogP contribution is -2.69. The molecule has 1 saturated carbocycles. The maximum Gasteiger partial charge on any atom is 0.234 e. The van der Waals surface area contributed by atoms with E-state index in [2.05, 4.69) is 31.4 Å². The van der Waals surface area contributed by atoms with Crippen LogP contribution in [-0.4, -0.2) is 38.3 Å². The number of rotatable bonds is 4. The molecule has 0 aliphatic heterocycles. The molecule has 1 aliphatic carbocycles. The van der Waals surface area contributed by atoms with Gasteiger partial charge in [-0.25, -0.2) is 0 Å². The second kappa shape index (κ2) is 5.34. The molecule has 5 heteroatoms. The highest BCUT2D eigenvalue weighted by Crippen LogP contribution is 2.51. The van der Waals surface area contributed by atoms with Crippen LogP contribution in [0.1, 0.15) is 27.2 Å². The minimum Gasteiger partial charge on any atom is -0.378 e. The Morgan fingerprint density at radius 3 is 2.38 bits per heavy atom. The summed E-state index contributed by atoms with van der Waals surface area (Å²) in [5.74, 6) is 0.0497. The van der Waals surface area contributed by atoms with Gasteiger partial charge in [0.05, 0.1) is 12.1 Å². The smallest absolute Gasteiger partial charge is 0.234 e. The Balaban J connectivity index is 0.00000225. The van der Waals surface area contributed by atoms with Crippen molar-refractivity contribution < 1.29 is 9.53 Å². The third-order valence-electron chi connectivity index (χ3n) is 3.95. The summed E-state index contributed by atoms with van der Waals surface area (Å²) in [5, 5.41) is 5.86. The first-order valence-corrected chi connectivity index (χ1v) is 5.36. The number of hydrogen-bond donors (Lipinski definition) is 2. The van der Waals surface area contributed by atoms with Gasteiger partial charge in [-0.1, -0.05) is 13.8 Å². The molecule has 0 aromatic rings. The third-order valence-corrected chi connectivity index (χ3v) is 3.95. The maximum absolute atomic E-state index is 11.4. The Labute approximate surface area is 104 Å². The summed E-state index contributed by atoms with van der Waals surface area (Å²) in [6.45, 7) is 6.72. The van der Waals surface area contributed by atoms with Gasteiger partial charge < -0.3 is 15.4 Å². The van der Waals surface area contributed by atoms with Crippen molar-refractivity contribution in [3.63, 3.8) is 0 Å². The highest BCUT2D eigenvalue weighted by Gasteiger charge is 2.58. The van der Waals surface area contributed by atoms with Crippen LogP contribution >= 0.6 is 12.4 Å². The van der Waals surface area contributed by atoms with Crippen molar-refractivity contribution in [1.29, 1.82) is 0 Å². The van der Waals surface area contributed by atoms with E-state index in [1.54, 1.807) is 14.2 Å². The molecule has 1 fully saturated rings. The van der Waals surface area contributed by atoms with Crippen molar-refractivity contribution in [2.24, 2.45) is 5.41 Å². The highest BCUT2D eigenvalue weighted by atomic mass is 35.5. The van der Waals surface area contributed by atoms with Gasteiger partial charge in [-0.3, -0.25) is 4.79 Å². The molecular weight excluding hydrogens is 228 g/mol. The van der Waals surface area contributed by atoms with Gasteiger partial charge in [-0.05, 0) is 20.4 Å². The molecule has 1 aliphatic rings. The Morgan fingerprint density at radius 1 is 1.44 bits per heavy atom. The molecule has 16 heavy (non-hydrogen) atoms. The van der Waals surface area contributed by atoms with Crippen molar-refractivity contribution in [3.8, 4) is 0 Å². The van der Waals surface area contributed by atoms with Crippen LogP contribution in [0.15, 0.2) is 0 Å². The van der Waals surface area contributed by atoms with Crippen molar-refractivity contribution >= 4 is 18.3 Å². The predicted octanol–water partition coefficient (Wildman–Crippen LogP) is 0.947. The summed E-state index contributed by atoms with van der Waals surface area (Å²) in [6, 6.07) is 0.211. The fourth-order valence-corrected chi connectivity index (χ4v) is 2.13. The topological polar surface area (TPSA) is 50.4 Å². The number of carbonyl (C=O) groups excluding carboxylic acids is 1. The van der Waals surface area contributed by atoms with Gasteiger partial charge in [0.2, 0.25) is 5.91 Å². The summed E-state index contributed by atoms with van der Waals surface area (Å²) in [5.41, 5.74) is -0.129. The number of hydrogen-bond acceptors (Lipinski definition) is 3. The van der Waals surface area contributed by atoms with Crippen molar-refractivity contribution in [2.75, 3.05) is 20.7 Å². The van der Waals surface area contributed by atoms with Crippen LogP contribution in [0.25, 0.3) is 0 Å². The normalized spacial score (nSPS) is 31.2. The van der Waals surface area contributed by atoms with Crippen molar-refractivity contribution in [1.82, 2.24) is 10.6 Å². The third kappa shape index (κ3) is 2.50. The molecule has 0 saturated heterocycles. The molecule has 2 unspecified atom stereocenters. The molecule has 0 spiro atoms. The molecule has 96 valence electrons. The molecule has 0 aromatic heterocycles. The lowest BCUT2D eigenvalue weighted by molar-refractivity contribution is -0.182.